The van der Waals surface area contributed by atoms with Gasteiger partial charge in [0.05, 0.1) is 22.5 Å². The molecule has 1 aliphatic carbocycles. The van der Waals surface area contributed by atoms with Crippen LogP contribution in [-0.4, -0.2) is 81.6 Å². The molecule has 1 saturated heterocycles. The van der Waals surface area contributed by atoms with Crippen LogP contribution in [-0.2, 0) is 37.8 Å². The molecule has 1 amide bonds. The van der Waals surface area contributed by atoms with E-state index in [-0.39, 0.29) is 5.91 Å². The van der Waals surface area contributed by atoms with Crippen molar-refractivity contribution in [1.29, 1.82) is 0 Å². The molecule has 9 nitrogen and oxygen atoms in total. The summed E-state index contributed by atoms with van der Waals surface area (Å²) in [5, 5.41) is 14.8. The molecule has 1 N–H and O–H groups in total. The van der Waals surface area contributed by atoms with Crippen molar-refractivity contribution >= 4 is 33.4 Å². The first-order chi connectivity index (χ1) is 21.3. The van der Waals surface area contributed by atoms with Crippen molar-refractivity contribution in [2.75, 3.05) is 45.9 Å². The number of carbonyl (C=O) groups excluding carboxylic acids is 1. The van der Waals surface area contributed by atoms with Crippen molar-refractivity contribution in [1.82, 2.24) is 29.5 Å². The number of hydrogen-bond donors (Lipinski definition) is 1. The van der Waals surface area contributed by atoms with Gasteiger partial charge in [0.25, 0.3) is 5.91 Å². The minimum atomic E-state index is 0.0259. The summed E-state index contributed by atoms with van der Waals surface area (Å²) in [6.45, 7) is 17.4. The van der Waals surface area contributed by atoms with E-state index in [1.54, 1.807) is 0 Å². The number of aryl methyl sites for hydroxylation is 4. The van der Waals surface area contributed by atoms with Crippen molar-refractivity contribution in [2.24, 2.45) is 18.1 Å². The van der Waals surface area contributed by atoms with Crippen molar-refractivity contribution in [3.8, 4) is 11.1 Å². The van der Waals surface area contributed by atoms with Crippen LogP contribution in [0.5, 0.6) is 0 Å². The zero-order valence-corrected chi connectivity index (χ0v) is 26.9. The van der Waals surface area contributed by atoms with Crippen LogP contribution >= 0.6 is 0 Å². The number of amides is 1. The summed E-state index contributed by atoms with van der Waals surface area (Å²) < 4.78 is 4.45. The van der Waals surface area contributed by atoms with E-state index in [0.717, 1.165) is 104 Å². The number of rotatable bonds is 9. The number of oxime groups is 1. The number of fused-ring (bicyclic) bond motifs is 10. The highest BCUT2D eigenvalue weighted by Crippen LogP contribution is 2.47. The molecule has 2 aromatic carbocycles. The Bertz CT molecular complexity index is 1770. The topological polar surface area (TPSA) is 79.9 Å². The molecule has 0 saturated carbocycles. The Labute approximate surface area is 259 Å². The number of likely N-dealkylation sites (N-methyl/N-ethyl adjacent to an activating group) is 1. The van der Waals surface area contributed by atoms with Gasteiger partial charge in [-0.25, -0.2) is 0 Å². The van der Waals surface area contributed by atoms with Gasteiger partial charge in [-0.3, -0.25) is 9.48 Å². The maximum atomic E-state index is 13.5. The molecule has 4 heterocycles. The zero-order chi connectivity index (χ0) is 30.5. The van der Waals surface area contributed by atoms with Crippen LogP contribution in [0.2, 0.25) is 0 Å². The van der Waals surface area contributed by atoms with E-state index in [9.17, 15) is 4.79 Å². The highest BCUT2D eigenvalue weighted by molar-refractivity contribution is 6.20. The molecule has 2 aromatic heterocycles. The van der Waals surface area contributed by atoms with Crippen LogP contribution in [0.1, 0.15) is 66.9 Å². The second-order valence-corrected chi connectivity index (χ2v) is 13.2. The second-order valence-electron chi connectivity index (χ2n) is 13.2. The van der Waals surface area contributed by atoms with Crippen molar-refractivity contribution < 1.29 is 9.63 Å². The van der Waals surface area contributed by atoms with Crippen molar-refractivity contribution in [3.63, 3.8) is 0 Å². The van der Waals surface area contributed by atoms with Crippen LogP contribution in [0.15, 0.2) is 29.6 Å². The fourth-order valence-electron chi connectivity index (χ4n) is 7.49. The third-order valence-corrected chi connectivity index (χ3v) is 9.74. The summed E-state index contributed by atoms with van der Waals surface area (Å²) >= 11 is 0. The van der Waals surface area contributed by atoms with Crippen LogP contribution in [0, 0.1) is 5.92 Å². The summed E-state index contributed by atoms with van der Waals surface area (Å²) in [7, 11) is 1.98. The van der Waals surface area contributed by atoms with Crippen LogP contribution in [0.3, 0.4) is 0 Å². The molecule has 2 aliphatic heterocycles. The van der Waals surface area contributed by atoms with Crippen molar-refractivity contribution in [3.05, 3.63) is 52.3 Å². The van der Waals surface area contributed by atoms with E-state index in [4.69, 9.17) is 9.94 Å². The van der Waals surface area contributed by atoms with Crippen LogP contribution in [0.4, 0.5) is 0 Å². The fraction of sp³-hybridized carbons (Fsp3) is 0.514. The number of nitrogens with zero attached hydrogens (tertiary/aromatic N) is 6. The Hall–Kier alpha value is -3.69. The van der Waals surface area contributed by atoms with Gasteiger partial charge in [0, 0.05) is 79.9 Å². The molecular formula is C35H45N7O2. The molecule has 0 radical (unpaired) electrons. The molecular weight excluding hydrogens is 550 g/mol. The lowest BCUT2D eigenvalue weighted by molar-refractivity contribution is 0.0966. The molecule has 7 rings (SSSR count). The molecule has 4 aromatic rings. The Morgan fingerprint density at radius 2 is 1.86 bits per heavy atom. The molecule has 1 fully saturated rings. The molecule has 9 heteroatoms. The summed E-state index contributed by atoms with van der Waals surface area (Å²) in [6, 6.07) is 6.70. The van der Waals surface area contributed by atoms with E-state index in [1.165, 1.54) is 27.4 Å². The van der Waals surface area contributed by atoms with Gasteiger partial charge in [-0.1, -0.05) is 32.0 Å². The summed E-state index contributed by atoms with van der Waals surface area (Å²) in [4.78, 5) is 24.3. The highest BCUT2D eigenvalue weighted by atomic mass is 16.6. The molecule has 0 bridgehead atoms. The minimum absolute atomic E-state index is 0.0259. The molecule has 0 atom stereocenters. The van der Waals surface area contributed by atoms with Gasteiger partial charge < -0.3 is 24.5 Å². The SMILES string of the molecule is CCN1CCN(CCCn2c3ccc(/C(C)=N/OCC(C)C)cc3c3c4c(c5c(c32)CCc2nn(C)cc2-5)C(=O)NC4)CC1. The smallest absolute Gasteiger partial charge is 0.252 e. The van der Waals surface area contributed by atoms with Gasteiger partial charge >= 0.3 is 0 Å². The Morgan fingerprint density at radius 1 is 1.07 bits per heavy atom. The number of nitrogens with one attached hydrogen (secondary N) is 1. The standard InChI is InChI=1S/C35H45N7O2/c1-6-40-14-16-41(17-15-40)12-7-13-42-30-11-8-24(23(4)38-44-21-22(2)3)18-26(30)32-27-19-36-35(43)33(27)31-25(34(32)42)9-10-29-28(31)20-39(5)37-29/h8,11,18,20,22H,6-7,9-10,12-17,19,21H2,1-5H3,(H,36,43)/b38-23+. The fourth-order valence-corrected chi connectivity index (χ4v) is 7.49. The average Bonchev–Trinajstić information content (AvgIpc) is 3.69. The molecule has 0 unspecified atom stereocenters. The van der Waals surface area contributed by atoms with Gasteiger partial charge in [0.15, 0.2) is 0 Å². The minimum Gasteiger partial charge on any atom is -0.395 e. The molecule has 232 valence electrons. The zero-order valence-electron chi connectivity index (χ0n) is 26.9. The first kappa shape index (κ1) is 29.0. The highest BCUT2D eigenvalue weighted by Gasteiger charge is 2.35. The summed E-state index contributed by atoms with van der Waals surface area (Å²) in [5.41, 5.74) is 11.0. The predicted molar refractivity (Wildman–Crippen MR) is 176 cm³/mol. The maximum Gasteiger partial charge on any atom is 0.252 e. The number of aromatic nitrogens is 3. The van der Waals surface area contributed by atoms with Gasteiger partial charge in [0.2, 0.25) is 0 Å². The maximum absolute atomic E-state index is 13.5. The van der Waals surface area contributed by atoms with Gasteiger partial charge in [-0.05, 0) is 74.0 Å². The average molecular weight is 596 g/mol. The third-order valence-electron chi connectivity index (χ3n) is 9.74. The predicted octanol–water partition coefficient (Wildman–Crippen LogP) is 4.96. The van der Waals surface area contributed by atoms with Crippen LogP contribution < -0.4 is 5.32 Å². The number of carbonyl (C=O) groups is 1. The largest absolute Gasteiger partial charge is 0.395 e. The van der Waals surface area contributed by atoms with Crippen molar-refractivity contribution in [2.45, 2.75) is 60.0 Å². The van der Waals surface area contributed by atoms with E-state index in [0.29, 0.717) is 19.1 Å². The quantitative estimate of drug-likeness (QED) is 0.219. The van der Waals surface area contributed by atoms with Gasteiger partial charge in [0.1, 0.15) is 6.61 Å². The lowest BCUT2D eigenvalue weighted by Crippen LogP contribution is -2.46. The molecule has 0 spiro atoms. The molecule has 44 heavy (non-hydrogen) atoms. The van der Waals surface area contributed by atoms with E-state index in [1.807, 2.05) is 18.7 Å². The Morgan fingerprint density at radius 3 is 2.64 bits per heavy atom. The monoisotopic (exact) mass is 595 g/mol. The van der Waals surface area contributed by atoms with Gasteiger partial charge in [-0.15, -0.1) is 0 Å². The van der Waals surface area contributed by atoms with Crippen LogP contribution in [0.25, 0.3) is 32.9 Å². The summed E-state index contributed by atoms with van der Waals surface area (Å²) in [5.74, 6) is 0.444. The lowest BCUT2D eigenvalue weighted by atomic mass is 9.82. The Balaban J connectivity index is 1.37. The third kappa shape index (κ3) is 5.00. The number of benzene rings is 2. The first-order valence-corrected chi connectivity index (χ1v) is 16.4. The molecule has 3 aliphatic rings. The number of piperazine rings is 1. The van der Waals surface area contributed by atoms with E-state index >= 15 is 0 Å². The lowest BCUT2D eigenvalue weighted by Gasteiger charge is -2.34. The summed E-state index contributed by atoms with van der Waals surface area (Å²) in [6.07, 6.45) is 4.94. The Kier molecular flexibility index (Phi) is 7.70. The van der Waals surface area contributed by atoms with Gasteiger partial charge in [-0.2, -0.15) is 5.10 Å². The van der Waals surface area contributed by atoms with E-state index in [2.05, 4.69) is 70.0 Å². The normalized spacial score (nSPS) is 17.4. The second kappa shape index (κ2) is 11.7. The van der Waals surface area contributed by atoms with E-state index < -0.39 is 0 Å². The first-order valence-electron chi connectivity index (χ1n) is 16.4. The number of hydrogen-bond acceptors (Lipinski definition) is 6.